The van der Waals surface area contributed by atoms with Crippen LogP contribution in [0.15, 0.2) is 23.3 Å². The van der Waals surface area contributed by atoms with Gasteiger partial charge in [0, 0.05) is 57.6 Å². The molecule has 0 radical (unpaired) electrons. The second kappa shape index (κ2) is 8.72. The van der Waals surface area contributed by atoms with Gasteiger partial charge in [-0.25, -0.2) is 4.98 Å². The number of aromatic nitrogens is 1. The number of hydrogen-bond acceptors (Lipinski definition) is 4. The van der Waals surface area contributed by atoms with E-state index in [1.165, 1.54) is 5.56 Å². The van der Waals surface area contributed by atoms with Gasteiger partial charge in [-0.3, -0.25) is 4.99 Å². The second-order valence-electron chi connectivity index (χ2n) is 6.16. The third-order valence-corrected chi connectivity index (χ3v) is 4.34. The van der Waals surface area contributed by atoms with E-state index >= 15 is 0 Å². The first-order chi connectivity index (χ1) is 11.1. The Morgan fingerprint density at radius 3 is 2.74 bits per heavy atom. The quantitative estimate of drug-likeness (QED) is 0.633. The van der Waals surface area contributed by atoms with Crippen molar-refractivity contribution in [2.75, 3.05) is 45.2 Å². The lowest BCUT2D eigenvalue weighted by atomic mass is 10.2. The molecule has 0 aromatic carbocycles. The summed E-state index contributed by atoms with van der Waals surface area (Å²) in [7, 11) is 3.98. The molecule has 1 fully saturated rings. The zero-order valence-corrected chi connectivity index (χ0v) is 14.8. The largest absolute Gasteiger partial charge is 0.354 e. The van der Waals surface area contributed by atoms with Crippen molar-refractivity contribution in [2.45, 2.75) is 32.9 Å². The average molecular weight is 318 g/mol. The minimum atomic E-state index is 0.409. The smallest absolute Gasteiger partial charge is 0.191 e. The van der Waals surface area contributed by atoms with Crippen molar-refractivity contribution in [3.63, 3.8) is 0 Å². The van der Waals surface area contributed by atoms with Gasteiger partial charge in [0.1, 0.15) is 5.82 Å². The van der Waals surface area contributed by atoms with Gasteiger partial charge < -0.3 is 20.4 Å². The van der Waals surface area contributed by atoms with Gasteiger partial charge in [0.25, 0.3) is 0 Å². The topological polar surface area (TPSA) is 55.8 Å². The molecule has 1 aromatic rings. The molecule has 128 valence electrons. The Balaban J connectivity index is 2.00. The Labute approximate surface area is 140 Å². The Hall–Kier alpha value is -1.82. The summed E-state index contributed by atoms with van der Waals surface area (Å²) in [6.07, 6.45) is 2.95. The van der Waals surface area contributed by atoms with E-state index in [9.17, 15) is 0 Å². The summed E-state index contributed by atoms with van der Waals surface area (Å²) in [5.74, 6) is 1.93. The summed E-state index contributed by atoms with van der Waals surface area (Å²) >= 11 is 0. The van der Waals surface area contributed by atoms with Gasteiger partial charge >= 0.3 is 0 Å². The van der Waals surface area contributed by atoms with Crippen LogP contribution in [0, 0.1) is 0 Å². The van der Waals surface area contributed by atoms with Crippen molar-refractivity contribution >= 4 is 11.8 Å². The maximum atomic E-state index is 4.62. The maximum absolute atomic E-state index is 4.62. The summed E-state index contributed by atoms with van der Waals surface area (Å²) in [5, 5.41) is 6.79. The molecule has 2 rings (SSSR count). The number of aliphatic imine (C=N–C) groups is 1. The number of anilines is 1. The molecule has 1 aliphatic heterocycles. The molecular formula is C17H30N6. The van der Waals surface area contributed by atoms with Gasteiger partial charge in [-0.15, -0.1) is 0 Å². The fourth-order valence-corrected chi connectivity index (χ4v) is 2.58. The average Bonchev–Trinajstić information content (AvgIpc) is 2.59. The third-order valence-electron chi connectivity index (χ3n) is 4.34. The predicted molar refractivity (Wildman–Crippen MR) is 97.0 cm³/mol. The van der Waals surface area contributed by atoms with Crippen LogP contribution in [0.25, 0.3) is 0 Å². The lowest BCUT2D eigenvalue weighted by Gasteiger charge is -2.34. The molecule has 2 N–H and O–H groups in total. The van der Waals surface area contributed by atoms with E-state index in [0.29, 0.717) is 6.04 Å². The third kappa shape index (κ3) is 5.10. The van der Waals surface area contributed by atoms with Crippen LogP contribution in [0.3, 0.4) is 0 Å². The van der Waals surface area contributed by atoms with Crippen molar-refractivity contribution < 1.29 is 0 Å². The maximum Gasteiger partial charge on any atom is 0.191 e. The Bertz CT molecular complexity index is 508. The number of pyridine rings is 1. The zero-order chi connectivity index (χ0) is 16.7. The summed E-state index contributed by atoms with van der Waals surface area (Å²) in [6, 6.07) is 4.55. The van der Waals surface area contributed by atoms with Gasteiger partial charge in [-0.05, 0) is 26.5 Å². The Morgan fingerprint density at radius 2 is 2.09 bits per heavy atom. The summed E-state index contributed by atoms with van der Waals surface area (Å²) < 4.78 is 0. The first-order valence-corrected chi connectivity index (χ1v) is 8.48. The van der Waals surface area contributed by atoms with Crippen LogP contribution >= 0.6 is 0 Å². The van der Waals surface area contributed by atoms with E-state index in [1.54, 1.807) is 0 Å². The molecule has 0 aliphatic carbocycles. The number of likely N-dealkylation sites (N-methyl/N-ethyl adjacent to an activating group) is 1. The molecule has 0 amide bonds. The standard InChI is InChI=1S/C17H30N6/c1-5-14(2)21-17(18-3)20-13-15-7-6-8-19-16(15)23-11-9-22(4)10-12-23/h6-8,14H,5,9-13H2,1-4H3,(H2,18,20,21). The molecule has 1 aromatic heterocycles. The molecule has 1 atom stereocenters. The molecule has 0 spiro atoms. The van der Waals surface area contributed by atoms with Crippen LogP contribution in [0.4, 0.5) is 5.82 Å². The van der Waals surface area contributed by atoms with Gasteiger partial charge in [0.15, 0.2) is 5.96 Å². The van der Waals surface area contributed by atoms with Crippen LogP contribution in [-0.2, 0) is 6.54 Å². The Morgan fingerprint density at radius 1 is 1.35 bits per heavy atom. The van der Waals surface area contributed by atoms with Crippen LogP contribution in [0.2, 0.25) is 0 Å². The van der Waals surface area contributed by atoms with Crippen molar-refractivity contribution in [2.24, 2.45) is 4.99 Å². The molecule has 6 nitrogen and oxygen atoms in total. The van der Waals surface area contributed by atoms with E-state index < -0.39 is 0 Å². The van der Waals surface area contributed by atoms with Crippen LogP contribution in [-0.4, -0.2) is 62.2 Å². The molecule has 0 bridgehead atoms. The van der Waals surface area contributed by atoms with E-state index in [-0.39, 0.29) is 0 Å². The summed E-state index contributed by atoms with van der Waals surface area (Å²) in [6.45, 7) is 9.28. The lowest BCUT2D eigenvalue weighted by Crippen LogP contribution is -2.45. The highest BCUT2D eigenvalue weighted by molar-refractivity contribution is 5.80. The highest BCUT2D eigenvalue weighted by Crippen LogP contribution is 2.18. The Kier molecular flexibility index (Phi) is 6.65. The van der Waals surface area contributed by atoms with Crippen LogP contribution < -0.4 is 15.5 Å². The molecule has 1 unspecified atom stereocenters. The fourth-order valence-electron chi connectivity index (χ4n) is 2.58. The SMILES string of the molecule is CCC(C)NC(=NC)NCc1cccnc1N1CCN(C)CC1. The monoisotopic (exact) mass is 318 g/mol. The second-order valence-corrected chi connectivity index (χ2v) is 6.16. The molecule has 2 heterocycles. The molecule has 23 heavy (non-hydrogen) atoms. The molecule has 1 saturated heterocycles. The minimum Gasteiger partial charge on any atom is -0.354 e. The van der Waals surface area contributed by atoms with E-state index in [0.717, 1.165) is 50.9 Å². The highest BCUT2D eigenvalue weighted by Gasteiger charge is 2.18. The lowest BCUT2D eigenvalue weighted by molar-refractivity contribution is 0.312. The number of rotatable bonds is 5. The number of nitrogens with zero attached hydrogens (tertiary/aromatic N) is 4. The first-order valence-electron chi connectivity index (χ1n) is 8.48. The van der Waals surface area contributed by atoms with Gasteiger partial charge in [-0.2, -0.15) is 0 Å². The van der Waals surface area contributed by atoms with Crippen LogP contribution in [0.5, 0.6) is 0 Å². The first kappa shape index (κ1) is 17.5. The number of hydrogen-bond donors (Lipinski definition) is 2. The minimum absolute atomic E-state index is 0.409. The number of guanidine groups is 1. The molecule has 1 aliphatic rings. The van der Waals surface area contributed by atoms with Crippen LogP contribution in [0.1, 0.15) is 25.8 Å². The van der Waals surface area contributed by atoms with Gasteiger partial charge in [0.2, 0.25) is 0 Å². The van der Waals surface area contributed by atoms with Crippen molar-refractivity contribution in [3.8, 4) is 0 Å². The van der Waals surface area contributed by atoms with E-state index in [1.807, 2.05) is 19.3 Å². The summed E-state index contributed by atoms with van der Waals surface area (Å²) in [4.78, 5) is 13.6. The van der Waals surface area contributed by atoms with E-state index in [2.05, 4.69) is 57.4 Å². The highest BCUT2D eigenvalue weighted by atomic mass is 15.3. The predicted octanol–water partition coefficient (Wildman–Crippen LogP) is 1.30. The van der Waals surface area contributed by atoms with Crippen molar-refractivity contribution in [1.82, 2.24) is 20.5 Å². The van der Waals surface area contributed by atoms with Crippen molar-refractivity contribution in [1.29, 1.82) is 0 Å². The van der Waals surface area contributed by atoms with Gasteiger partial charge in [-0.1, -0.05) is 13.0 Å². The number of nitrogens with one attached hydrogen (secondary N) is 2. The van der Waals surface area contributed by atoms with E-state index in [4.69, 9.17) is 0 Å². The molecular weight excluding hydrogens is 288 g/mol. The molecule has 0 saturated carbocycles. The number of piperazine rings is 1. The molecule has 6 heteroatoms. The van der Waals surface area contributed by atoms with Crippen molar-refractivity contribution in [3.05, 3.63) is 23.9 Å². The zero-order valence-electron chi connectivity index (χ0n) is 14.8. The van der Waals surface area contributed by atoms with Gasteiger partial charge in [0.05, 0.1) is 0 Å². The fraction of sp³-hybridized carbons (Fsp3) is 0.647. The normalized spacial score (nSPS) is 17.9. The summed E-state index contributed by atoms with van der Waals surface area (Å²) in [5.41, 5.74) is 1.21.